The third-order valence-electron chi connectivity index (χ3n) is 9.31. The van der Waals surface area contributed by atoms with Crippen molar-refractivity contribution < 1.29 is 0 Å². The van der Waals surface area contributed by atoms with E-state index in [0.717, 1.165) is 49.5 Å². The highest BCUT2D eigenvalue weighted by Gasteiger charge is 2.17. The predicted molar refractivity (Wildman–Crippen MR) is 201 cm³/mol. The van der Waals surface area contributed by atoms with Crippen LogP contribution in [-0.2, 0) is 0 Å². The molecular weight excluding hydrogens is 615 g/mol. The van der Waals surface area contributed by atoms with Gasteiger partial charge in [0.1, 0.15) is 5.69 Å². The Morgan fingerprint density at radius 2 is 0.980 bits per heavy atom. The standard InChI is InChI=1S/C43H27N7/c1-3-11-27(12-4-1)41-47-42(28-13-5-2-6-14-28)49-43(48-41)37-25-45-40(26-44-37)50-38-18-10-8-16-32(38)34-24-30(20-22-39(34)50)29-19-21-36-33(23-29)31-15-7-9-17-35(31)46-36/h1-26,46H. The number of nitrogens with zero attached hydrogens (tertiary/aromatic N) is 6. The zero-order valence-corrected chi connectivity index (χ0v) is 26.7. The van der Waals surface area contributed by atoms with Crippen molar-refractivity contribution in [3.63, 3.8) is 0 Å². The molecule has 10 aromatic rings. The van der Waals surface area contributed by atoms with E-state index in [1.54, 1.807) is 12.4 Å². The highest BCUT2D eigenvalue weighted by atomic mass is 15.1. The lowest BCUT2D eigenvalue weighted by molar-refractivity contribution is 1.02. The van der Waals surface area contributed by atoms with Gasteiger partial charge in [-0.3, -0.25) is 4.57 Å². The normalized spacial score (nSPS) is 11.6. The summed E-state index contributed by atoms with van der Waals surface area (Å²) >= 11 is 0. The Labute approximate surface area is 286 Å². The van der Waals surface area contributed by atoms with E-state index in [0.29, 0.717) is 29.0 Å². The molecule has 0 amide bonds. The van der Waals surface area contributed by atoms with Gasteiger partial charge in [0.15, 0.2) is 23.3 Å². The molecular formula is C43H27N7. The lowest BCUT2D eigenvalue weighted by atomic mass is 10.0. The molecule has 0 saturated heterocycles. The van der Waals surface area contributed by atoms with Gasteiger partial charge >= 0.3 is 0 Å². The van der Waals surface area contributed by atoms with Crippen molar-refractivity contribution in [2.24, 2.45) is 0 Å². The molecule has 0 unspecified atom stereocenters. The Morgan fingerprint density at radius 3 is 1.70 bits per heavy atom. The summed E-state index contributed by atoms with van der Waals surface area (Å²) in [6, 6.07) is 50.1. The van der Waals surface area contributed by atoms with Gasteiger partial charge in [0.25, 0.3) is 0 Å². The van der Waals surface area contributed by atoms with E-state index in [-0.39, 0.29) is 0 Å². The van der Waals surface area contributed by atoms with E-state index < -0.39 is 0 Å². The van der Waals surface area contributed by atoms with Gasteiger partial charge < -0.3 is 4.98 Å². The minimum Gasteiger partial charge on any atom is -0.355 e. The molecule has 0 saturated carbocycles. The maximum atomic E-state index is 4.94. The number of aromatic nitrogens is 7. The van der Waals surface area contributed by atoms with Crippen LogP contribution in [0.5, 0.6) is 0 Å². The molecule has 234 valence electrons. The molecule has 0 bridgehead atoms. The molecule has 0 aliphatic rings. The Bertz CT molecular complexity index is 2800. The molecule has 0 spiro atoms. The first kappa shape index (κ1) is 28.1. The Balaban J connectivity index is 1.07. The van der Waals surface area contributed by atoms with Gasteiger partial charge in [0.2, 0.25) is 0 Å². The van der Waals surface area contributed by atoms with Crippen LogP contribution in [0.3, 0.4) is 0 Å². The number of hydrogen-bond donors (Lipinski definition) is 1. The third-order valence-corrected chi connectivity index (χ3v) is 9.31. The molecule has 0 aliphatic heterocycles. The van der Waals surface area contributed by atoms with E-state index in [9.17, 15) is 0 Å². The minimum absolute atomic E-state index is 0.468. The second-order valence-electron chi connectivity index (χ2n) is 12.3. The highest BCUT2D eigenvalue weighted by Crippen LogP contribution is 2.36. The van der Waals surface area contributed by atoms with Crippen LogP contribution in [0.2, 0.25) is 0 Å². The smallest absolute Gasteiger partial charge is 0.184 e. The fourth-order valence-corrected chi connectivity index (χ4v) is 6.90. The van der Waals surface area contributed by atoms with Crippen LogP contribution in [0.1, 0.15) is 0 Å². The summed E-state index contributed by atoms with van der Waals surface area (Å²) in [5.41, 5.74) is 9.12. The Morgan fingerprint density at radius 1 is 0.400 bits per heavy atom. The third kappa shape index (κ3) is 4.64. The van der Waals surface area contributed by atoms with E-state index in [2.05, 4.69) is 94.5 Å². The number of hydrogen-bond acceptors (Lipinski definition) is 5. The van der Waals surface area contributed by atoms with Crippen LogP contribution in [0.15, 0.2) is 158 Å². The molecule has 10 rings (SSSR count). The van der Waals surface area contributed by atoms with Gasteiger partial charge in [-0.15, -0.1) is 0 Å². The van der Waals surface area contributed by atoms with Crippen molar-refractivity contribution >= 4 is 43.6 Å². The molecule has 4 aromatic heterocycles. The molecule has 0 radical (unpaired) electrons. The van der Waals surface area contributed by atoms with Crippen LogP contribution in [0.25, 0.3) is 94.9 Å². The van der Waals surface area contributed by atoms with Crippen molar-refractivity contribution in [2.45, 2.75) is 0 Å². The van der Waals surface area contributed by atoms with Gasteiger partial charge in [-0.1, -0.05) is 109 Å². The maximum absolute atomic E-state index is 4.94. The SMILES string of the molecule is c1ccc(-c2nc(-c3ccccc3)nc(-c3cnc(-n4c5ccccc5c5cc(-c6ccc7[nH]c8ccccc8c7c6)ccc54)cn3)n2)cc1. The van der Waals surface area contributed by atoms with Crippen LogP contribution in [-0.4, -0.2) is 34.5 Å². The quantitative estimate of drug-likeness (QED) is 0.202. The molecule has 0 atom stereocenters. The van der Waals surface area contributed by atoms with Gasteiger partial charge in [-0.2, -0.15) is 0 Å². The summed E-state index contributed by atoms with van der Waals surface area (Å²) in [6.45, 7) is 0. The summed E-state index contributed by atoms with van der Waals surface area (Å²) in [7, 11) is 0. The van der Waals surface area contributed by atoms with Crippen LogP contribution in [0.4, 0.5) is 0 Å². The molecule has 4 heterocycles. The summed E-state index contributed by atoms with van der Waals surface area (Å²) in [5, 5.41) is 4.76. The van der Waals surface area contributed by atoms with Gasteiger partial charge in [0, 0.05) is 43.7 Å². The molecule has 6 aromatic carbocycles. The van der Waals surface area contributed by atoms with E-state index in [4.69, 9.17) is 24.9 Å². The summed E-state index contributed by atoms with van der Waals surface area (Å²) in [6.07, 6.45) is 3.55. The van der Waals surface area contributed by atoms with Gasteiger partial charge in [-0.25, -0.2) is 24.9 Å². The maximum Gasteiger partial charge on any atom is 0.184 e. The second-order valence-corrected chi connectivity index (χ2v) is 12.3. The van der Waals surface area contributed by atoms with Crippen molar-refractivity contribution in [1.29, 1.82) is 0 Å². The average Bonchev–Trinajstić information content (AvgIpc) is 3.73. The lowest BCUT2D eigenvalue weighted by Crippen LogP contribution is -2.03. The zero-order valence-electron chi connectivity index (χ0n) is 26.7. The number of aromatic amines is 1. The second kappa shape index (κ2) is 11.3. The first-order valence-corrected chi connectivity index (χ1v) is 16.5. The van der Waals surface area contributed by atoms with E-state index in [1.165, 1.54) is 16.3 Å². The first-order chi connectivity index (χ1) is 24.8. The number of H-pyrrole nitrogens is 1. The van der Waals surface area contributed by atoms with Crippen molar-refractivity contribution in [2.75, 3.05) is 0 Å². The number of benzene rings is 6. The minimum atomic E-state index is 0.468. The number of fused-ring (bicyclic) bond motifs is 6. The van der Waals surface area contributed by atoms with E-state index >= 15 is 0 Å². The van der Waals surface area contributed by atoms with Crippen LogP contribution in [0, 0.1) is 0 Å². The lowest BCUT2D eigenvalue weighted by Gasteiger charge is -2.09. The van der Waals surface area contributed by atoms with Crippen molar-refractivity contribution in [3.8, 4) is 51.2 Å². The fourth-order valence-electron chi connectivity index (χ4n) is 6.90. The molecule has 50 heavy (non-hydrogen) atoms. The zero-order chi connectivity index (χ0) is 33.0. The summed E-state index contributed by atoms with van der Waals surface area (Å²) in [5.74, 6) is 2.36. The Kier molecular flexibility index (Phi) is 6.35. The van der Waals surface area contributed by atoms with Gasteiger partial charge in [-0.05, 0) is 47.5 Å². The fraction of sp³-hybridized carbons (Fsp3) is 0. The number of nitrogens with one attached hydrogen (secondary N) is 1. The monoisotopic (exact) mass is 641 g/mol. The Hall–Kier alpha value is -6.99. The molecule has 1 N–H and O–H groups in total. The summed E-state index contributed by atoms with van der Waals surface area (Å²) < 4.78 is 2.17. The molecule has 7 nitrogen and oxygen atoms in total. The van der Waals surface area contributed by atoms with Crippen LogP contribution >= 0.6 is 0 Å². The molecule has 0 aliphatic carbocycles. The van der Waals surface area contributed by atoms with Crippen molar-refractivity contribution in [1.82, 2.24) is 34.5 Å². The van der Waals surface area contributed by atoms with E-state index in [1.807, 2.05) is 60.7 Å². The summed E-state index contributed by atoms with van der Waals surface area (Å²) in [4.78, 5) is 27.8. The van der Waals surface area contributed by atoms with Gasteiger partial charge in [0.05, 0.1) is 23.4 Å². The average molecular weight is 642 g/mol. The van der Waals surface area contributed by atoms with Crippen molar-refractivity contribution in [3.05, 3.63) is 158 Å². The number of rotatable bonds is 5. The molecule has 7 heteroatoms. The number of para-hydroxylation sites is 2. The first-order valence-electron chi connectivity index (χ1n) is 16.5. The topological polar surface area (TPSA) is 85.2 Å². The highest BCUT2D eigenvalue weighted by molar-refractivity contribution is 6.11. The predicted octanol–water partition coefficient (Wildman–Crippen LogP) is 10.1. The molecule has 0 fully saturated rings. The van der Waals surface area contributed by atoms with Crippen LogP contribution < -0.4 is 0 Å². The largest absolute Gasteiger partial charge is 0.355 e.